The van der Waals surface area contributed by atoms with Crippen molar-refractivity contribution in [1.29, 1.82) is 0 Å². The average Bonchev–Trinajstić information content (AvgIpc) is 2.90. The standard InChI is InChI=1S/C16H20N2O2S/c1-13-18-14(12-21-13)9-10-17-16(19)8-5-11-20-15-6-3-2-4-7-15/h2-4,6-7,12H,5,8-11H2,1H3,(H,17,19). The summed E-state index contributed by atoms with van der Waals surface area (Å²) in [4.78, 5) is 16.0. The lowest BCUT2D eigenvalue weighted by Gasteiger charge is -2.06. The quantitative estimate of drug-likeness (QED) is 0.763. The second-order valence-corrected chi connectivity index (χ2v) is 5.79. The number of hydrogen-bond donors (Lipinski definition) is 1. The molecule has 0 bridgehead atoms. The van der Waals surface area contributed by atoms with Crippen LogP contribution in [0.5, 0.6) is 5.75 Å². The first-order chi connectivity index (χ1) is 10.2. The Hall–Kier alpha value is -1.88. The van der Waals surface area contributed by atoms with E-state index >= 15 is 0 Å². The molecule has 0 fully saturated rings. The monoisotopic (exact) mass is 304 g/mol. The van der Waals surface area contributed by atoms with Crippen molar-refractivity contribution in [2.45, 2.75) is 26.2 Å². The Morgan fingerprint density at radius 2 is 2.14 bits per heavy atom. The van der Waals surface area contributed by atoms with Crippen molar-refractivity contribution in [2.75, 3.05) is 13.2 Å². The first kappa shape index (κ1) is 15.5. The predicted octanol–water partition coefficient (Wildman–Crippen LogP) is 2.97. The number of rotatable bonds is 8. The van der Waals surface area contributed by atoms with Gasteiger partial charge in [-0.2, -0.15) is 0 Å². The molecule has 5 heteroatoms. The van der Waals surface area contributed by atoms with Gasteiger partial charge in [0, 0.05) is 24.8 Å². The zero-order chi connectivity index (χ0) is 14.9. The third-order valence-corrected chi connectivity index (χ3v) is 3.75. The lowest BCUT2D eigenvalue weighted by atomic mass is 10.3. The van der Waals surface area contributed by atoms with E-state index < -0.39 is 0 Å². The van der Waals surface area contributed by atoms with Crippen LogP contribution in [-0.4, -0.2) is 24.0 Å². The lowest BCUT2D eigenvalue weighted by Crippen LogP contribution is -2.25. The van der Waals surface area contributed by atoms with E-state index in [9.17, 15) is 4.79 Å². The van der Waals surface area contributed by atoms with Crippen molar-refractivity contribution in [3.63, 3.8) is 0 Å². The molecule has 0 aliphatic rings. The Balaban J connectivity index is 1.53. The summed E-state index contributed by atoms with van der Waals surface area (Å²) in [7, 11) is 0. The van der Waals surface area contributed by atoms with Crippen LogP contribution in [0.1, 0.15) is 23.5 Å². The van der Waals surface area contributed by atoms with Crippen molar-refractivity contribution >= 4 is 17.2 Å². The maximum atomic E-state index is 11.7. The maximum Gasteiger partial charge on any atom is 0.220 e. The summed E-state index contributed by atoms with van der Waals surface area (Å²) < 4.78 is 5.54. The number of aryl methyl sites for hydroxylation is 1. The second-order valence-electron chi connectivity index (χ2n) is 4.72. The van der Waals surface area contributed by atoms with E-state index in [0.29, 0.717) is 19.6 Å². The topological polar surface area (TPSA) is 51.2 Å². The summed E-state index contributed by atoms with van der Waals surface area (Å²) >= 11 is 1.64. The molecular formula is C16H20N2O2S. The number of thiazole rings is 1. The molecule has 4 nitrogen and oxygen atoms in total. The third kappa shape index (κ3) is 5.95. The van der Waals surface area contributed by atoms with Crippen LogP contribution in [0.4, 0.5) is 0 Å². The van der Waals surface area contributed by atoms with E-state index in [1.54, 1.807) is 11.3 Å². The molecule has 1 N–H and O–H groups in total. The summed E-state index contributed by atoms with van der Waals surface area (Å²) in [6, 6.07) is 9.64. The van der Waals surface area contributed by atoms with Gasteiger partial charge in [-0.1, -0.05) is 18.2 Å². The normalized spacial score (nSPS) is 10.3. The number of nitrogens with zero attached hydrogens (tertiary/aromatic N) is 1. The number of carbonyl (C=O) groups excluding carboxylic acids is 1. The Morgan fingerprint density at radius 3 is 2.86 bits per heavy atom. The van der Waals surface area contributed by atoms with Crippen LogP contribution in [0.2, 0.25) is 0 Å². The maximum absolute atomic E-state index is 11.7. The molecule has 0 radical (unpaired) electrons. The van der Waals surface area contributed by atoms with Crippen molar-refractivity contribution in [2.24, 2.45) is 0 Å². The molecule has 2 rings (SSSR count). The Morgan fingerprint density at radius 1 is 1.33 bits per heavy atom. The van der Waals surface area contributed by atoms with Gasteiger partial charge in [0.15, 0.2) is 0 Å². The predicted molar refractivity (Wildman–Crippen MR) is 84.7 cm³/mol. The first-order valence-corrected chi connectivity index (χ1v) is 7.97. The second kappa shape index (κ2) is 8.42. The number of benzene rings is 1. The fourth-order valence-corrected chi connectivity index (χ4v) is 2.53. The fraction of sp³-hybridized carbons (Fsp3) is 0.375. The molecule has 0 unspecified atom stereocenters. The van der Waals surface area contributed by atoms with Crippen LogP contribution in [0, 0.1) is 6.92 Å². The van der Waals surface area contributed by atoms with Crippen molar-refractivity contribution in [1.82, 2.24) is 10.3 Å². The Kier molecular flexibility index (Phi) is 6.22. The van der Waals surface area contributed by atoms with Gasteiger partial charge in [-0.05, 0) is 25.5 Å². The average molecular weight is 304 g/mol. The molecular weight excluding hydrogens is 284 g/mol. The van der Waals surface area contributed by atoms with Gasteiger partial charge in [0.05, 0.1) is 17.3 Å². The molecule has 0 aliphatic heterocycles. The minimum atomic E-state index is 0.0682. The van der Waals surface area contributed by atoms with E-state index in [4.69, 9.17) is 4.74 Å². The highest BCUT2D eigenvalue weighted by Gasteiger charge is 2.03. The number of para-hydroxylation sites is 1. The summed E-state index contributed by atoms with van der Waals surface area (Å²) in [6.45, 7) is 3.18. The molecule has 0 saturated heterocycles. The zero-order valence-electron chi connectivity index (χ0n) is 12.2. The van der Waals surface area contributed by atoms with Gasteiger partial charge < -0.3 is 10.1 Å². The first-order valence-electron chi connectivity index (χ1n) is 7.09. The van der Waals surface area contributed by atoms with Gasteiger partial charge in [-0.25, -0.2) is 4.98 Å². The van der Waals surface area contributed by atoms with Gasteiger partial charge in [0.25, 0.3) is 0 Å². The number of nitrogens with one attached hydrogen (secondary N) is 1. The van der Waals surface area contributed by atoms with Gasteiger partial charge in [-0.15, -0.1) is 11.3 Å². The van der Waals surface area contributed by atoms with E-state index in [0.717, 1.165) is 29.3 Å². The molecule has 112 valence electrons. The van der Waals surface area contributed by atoms with Crippen molar-refractivity contribution < 1.29 is 9.53 Å². The molecule has 2 aromatic rings. The zero-order valence-corrected chi connectivity index (χ0v) is 13.0. The molecule has 1 amide bonds. The van der Waals surface area contributed by atoms with Gasteiger partial charge in [-0.3, -0.25) is 4.79 Å². The summed E-state index contributed by atoms with van der Waals surface area (Å²) in [5.41, 5.74) is 1.05. The van der Waals surface area contributed by atoms with Crippen LogP contribution in [-0.2, 0) is 11.2 Å². The summed E-state index contributed by atoms with van der Waals surface area (Å²) in [5, 5.41) is 6.01. The number of hydrogen-bond acceptors (Lipinski definition) is 4. The van der Waals surface area contributed by atoms with Gasteiger partial charge >= 0.3 is 0 Å². The van der Waals surface area contributed by atoms with Crippen molar-refractivity contribution in [3.8, 4) is 5.75 Å². The van der Waals surface area contributed by atoms with E-state index in [-0.39, 0.29) is 5.91 Å². The fourth-order valence-electron chi connectivity index (χ4n) is 1.88. The van der Waals surface area contributed by atoms with Crippen LogP contribution < -0.4 is 10.1 Å². The lowest BCUT2D eigenvalue weighted by molar-refractivity contribution is -0.121. The largest absolute Gasteiger partial charge is 0.494 e. The number of amides is 1. The molecule has 21 heavy (non-hydrogen) atoms. The minimum Gasteiger partial charge on any atom is -0.494 e. The molecule has 0 aliphatic carbocycles. The minimum absolute atomic E-state index is 0.0682. The van der Waals surface area contributed by atoms with Crippen LogP contribution in [0.3, 0.4) is 0 Å². The van der Waals surface area contributed by atoms with Crippen LogP contribution >= 0.6 is 11.3 Å². The molecule has 1 aromatic heterocycles. The summed E-state index contributed by atoms with van der Waals surface area (Å²) in [6.07, 6.45) is 2.00. The number of ether oxygens (including phenoxy) is 1. The van der Waals surface area contributed by atoms with Crippen molar-refractivity contribution in [3.05, 3.63) is 46.4 Å². The molecule has 1 aromatic carbocycles. The van der Waals surface area contributed by atoms with E-state index in [1.165, 1.54) is 0 Å². The molecule has 0 saturated carbocycles. The van der Waals surface area contributed by atoms with E-state index in [1.807, 2.05) is 42.6 Å². The SMILES string of the molecule is Cc1nc(CCNC(=O)CCCOc2ccccc2)cs1. The highest BCUT2D eigenvalue weighted by Crippen LogP contribution is 2.09. The van der Waals surface area contributed by atoms with Crippen LogP contribution in [0.15, 0.2) is 35.7 Å². The summed E-state index contributed by atoms with van der Waals surface area (Å²) in [5.74, 6) is 0.912. The smallest absolute Gasteiger partial charge is 0.220 e. The number of aromatic nitrogens is 1. The molecule has 1 heterocycles. The molecule has 0 atom stereocenters. The third-order valence-electron chi connectivity index (χ3n) is 2.93. The van der Waals surface area contributed by atoms with Gasteiger partial charge in [0.2, 0.25) is 5.91 Å². The number of carbonyl (C=O) groups is 1. The Bertz CT molecular complexity index is 554. The highest BCUT2D eigenvalue weighted by atomic mass is 32.1. The van der Waals surface area contributed by atoms with E-state index in [2.05, 4.69) is 10.3 Å². The highest BCUT2D eigenvalue weighted by molar-refractivity contribution is 7.09. The Labute approximate surface area is 129 Å². The van der Waals surface area contributed by atoms with Crippen LogP contribution in [0.25, 0.3) is 0 Å². The van der Waals surface area contributed by atoms with Gasteiger partial charge in [0.1, 0.15) is 5.75 Å². The molecule has 0 spiro atoms.